The number of aromatic nitrogens is 4. The van der Waals surface area contributed by atoms with Crippen molar-refractivity contribution in [2.45, 2.75) is 0 Å². The van der Waals surface area contributed by atoms with E-state index in [2.05, 4.69) is 247 Å². The Bertz CT molecular complexity index is 3880. The molecule has 13 rings (SSSR count). The monoisotopic (exact) mass is 898 g/mol. The lowest BCUT2D eigenvalue weighted by Crippen LogP contribution is -2.74. The molecule has 5 nitrogen and oxygen atoms in total. The molecule has 3 heterocycles. The Labute approximate surface area is 400 Å². The molecule has 0 bridgehead atoms. The van der Waals surface area contributed by atoms with Gasteiger partial charge in [0.15, 0.2) is 25.5 Å². The first-order valence-electron chi connectivity index (χ1n) is 23.3. The van der Waals surface area contributed by atoms with E-state index in [0.29, 0.717) is 17.5 Å². The van der Waals surface area contributed by atoms with Gasteiger partial charge in [-0.3, -0.25) is 0 Å². The van der Waals surface area contributed by atoms with Crippen molar-refractivity contribution in [1.82, 2.24) is 19.5 Å². The van der Waals surface area contributed by atoms with Crippen molar-refractivity contribution in [1.29, 1.82) is 0 Å². The highest BCUT2D eigenvalue weighted by atomic mass is 28.3. The van der Waals surface area contributed by atoms with Gasteiger partial charge < -0.3 is 8.98 Å². The zero-order valence-corrected chi connectivity index (χ0v) is 38.4. The third kappa shape index (κ3) is 6.72. The van der Waals surface area contributed by atoms with Crippen LogP contribution in [0.3, 0.4) is 0 Å². The van der Waals surface area contributed by atoms with Crippen LogP contribution in [0.4, 0.5) is 0 Å². The summed E-state index contributed by atoms with van der Waals surface area (Å²) in [7, 11) is -2.89. The summed E-state index contributed by atoms with van der Waals surface area (Å²) >= 11 is 0. The number of nitrogens with zero attached hydrogens (tertiary/aromatic N) is 4. The van der Waals surface area contributed by atoms with E-state index in [1.165, 1.54) is 31.5 Å². The Morgan fingerprint density at radius 2 is 0.783 bits per heavy atom. The van der Waals surface area contributed by atoms with Crippen LogP contribution in [0, 0.1) is 0 Å². The summed E-state index contributed by atoms with van der Waals surface area (Å²) in [6, 6.07) is 90.8. The quantitative estimate of drug-likeness (QED) is 0.107. The maximum atomic E-state index is 6.27. The van der Waals surface area contributed by atoms with Crippen molar-refractivity contribution in [3.8, 4) is 51.0 Å². The van der Waals surface area contributed by atoms with Crippen molar-refractivity contribution in [2.24, 2.45) is 0 Å². The minimum Gasteiger partial charge on any atom is -0.456 e. The number of benzene rings is 10. The highest BCUT2D eigenvalue weighted by Crippen LogP contribution is 2.39. The molecule has 3 aromatic heterocycles. The van der Waals surface area contributed by atoms with Crippen molar-refractivity contribution >= 4 is 72.6 Å². The van der Waals surface area contributed by atoms with Crippen molar-refractivity contribution < 1.29 is 4.42 Å². The van der Waals surface area contributed by atoms with Gasteiger partial charge in [-0.15, -0.1) is 0 Å². The standard InChI is InChI=1S/C63H42N4OSi/c1-4-22-45(23-5-1)69(46-24-6-2-7-25-46,47-26-8-3-9-27-47)48-28-20-21-44(41-48)61-64-62(53-33-11-10-29-49(53)43-39-40-60-55(42-43)52-32-15-19-38-59(52)68-60)66-63(65-61)54-34-14-18-37-58(54)67-56-35-16-12-30-50(56)51-31-13-17-36-57(51)67/h1-42H. The first-order valence-corrected chi connectivity index (χ1v) is 25.3. The van der Waals surface area contributed by atoms with E-state index >= 15 is 0 Å². The topological polar surface area (TPSA) is 56.7 Å². The van der Waals surface area contributed by atoms with E-state index in [-0.39, 0.29) is 0 Å². The van der Waals surface area contributed by atoms with Crippen LogP contribution < -0.4 is 20.7 Å². The van der Waals surface area contributed by atoms with Crippen LogP contribution >= 0.6 is 0 Å². The smallest absolute Gasteiger partial charge is 0.179 e. The molecule has 0 saturated carbocycles. The fraction of sp³-hybridized carbons (Fsp3) is 0. The number of hydrogen-bond donors (Lipinski definition) is 0. The molecule has 0 amide bonds. The van der Waals surface area contributed by atoms with Crippen LogP contribution in [0.15, 0.2) is 259 Å². The maximum absolute atomic E-state index is 6.27. The molecule has 324 valence electrons. The fourth-order valence-electron chi connectivity index (χ4n) is 10.6. The average molecular weight is 899 g/mol. The highest BCUT2D eigenvalue weighted by Gasteiger charge is 2.41. The van der Waals surface area contributed by atoms with Crippen LogP contribution in [0.25, 0.3) is 94.7 Å². The summed E-state index contributed by atoms with van der Waals surface area (Å²) < 4.78 is 8.62. The van der Waals surface area contributed by atoms with Gasteiger partial charge in [0.05, 0.1) is 16.7 Å². The molecule has 0 N–H and O–H groups in total. The number of fused-ring (bicyclic) bond motifs is 6. The molecule has 6 heteroatoms. The summed E-state index contributed by atoms with van der Waals surface area (Å²) in [6.07, 6.45) is 0. The van der Waals surface area contributed by atoms with E-state index in [4.69, 9.17) is 19.4 Å². The minimum absolute atomic E-state index is 0.585. The maximum Gasteiger partial charge on any atom is 0.179 e. The van der Waals surface area contributed by atoms with E-state index < -0.39 is 8.07 Å². The van der Waals surface area contributed by atoms with Crippen molar-refractivity contribution in [3.05, 3.63) is 255 Å². The van der Waals surface area contributed by atoms with Gasteiger partial charge in [0.1, 0.15) is 11.2 Å². The zero-order chi connectivity index (χ0) is 45.7. The van der Waals surface area contributed by atoms with Gasteiger partial charge in [0, 0.05) is 38.2 Å². The second-order valence-electron chi connectivity index (χ2n) is 17.5. The summed E-state index contributed by atoms with van der Waals surface area (Å²) in [5, 5.41) is 9.66. The summed E-state index contributed by atoms with van der Waals surface area (Å²) in [4.78, 5) is 16.5. The lowest BCUT2D eigenvalue weighted by molar-refractivity contribution is 0.669. The molecule has 0 atom stereocenters. The molecule has 69 heavy (non-hydrogen) atoms. The molecule has 0 aliphatic rings. The Morgan fingerprint density at radius 1 is 0.304 bits per heavy atom. The zero-order valence-electron chi connectivity index (χ0n) is 37.4. The molecule has 0 unspecified atom stereocenters. The predicted molar refractivity (Wildman–Crippen MR) is 287 cm³/mol. The van der Waals surface area contributed by atoms with Gasteiger partial charge in [-0.1, -0.05) is 212 Å². The molecule has 0 aliphatic carbocycles. The summed E-state index contributed by atoms with van der Waals surface area (Å²) in [5.41, 5.74) is 9.71. The molecule has 10 aromatic carbocycles. The van der Waals surface area contributed by atoms with Gasteiger partial charge in [0.25, 0.3) is 0 Å². The molecule has 0 spiro atoms. The van der Waals surface area contributed by atoms with Gasteiger partial charge in [-0.05, 0) is 74.3 Å². The van der Waals surface area contributed by atoms with Crippen LogP contribution in [-0.4, -0.2) is 27.6 Å². The number of para-hydroxylation sites is 4. The fourth-order valence-corrected chi connectivity index (χ4v) is 15.4. The average Bonchev–Trinajstić information content (AvgIpc) is 3.97. The molecule has 0 fully saturated rings. The van der Waals surface area contributed by atoms with Crippen molar-refractivity contribution in [3.63, 3.8) is 0 Å². The molecule has 0 aliphatic heterocycles. The summed E-state index contributed by atoms with van der Waals surface area (Å²) in [6.45, 7) is 0. The third-order valence-corrected chi connectivity index (χ3v) is 18.4. The number of rotatable bonds is 9. The van der Waals surface area contributed by atoms with Crippen LogP contribution in [0.5, 0.6) is 0 Å². The van der Waals surface area contributed by atoms with E-state index in [1.54, 1.807) is 0 Å². The van der Waals surface area contributed by atoms with Gasteiger partial charge in [0.2, 0.25) is 0 Å². The Morgan fingerprint density at radius 3 is 1.43 bits per heavy atom. The van der Waals surface area contributed by atoms with Gasteiger partial charge in [-0.25, -0.2) is 15.0 Å². The molecular weight excluding hydrogens is 857 g/mol. The van der Waals surface area contributed by atoms with E-state index in [0.717, 1.165) is 66.5 Å². The largest absolute Gasteiger partial charge is 0.456 e. The molecule has 0 radical (unpaired) electrons. The first kappa shape index (κ1) is 40.3. The lowest BCUT2D eigenvalue weighted by Gasteiger charge is -2.34. The van der Waals surface area contributed by atoms with E-state index in [1.807, 2.05) is 12.1 Å². The third-order valence-electron chi connectivity index (χ3n) is 13.6. The second kappa shape index (κ2) is 16.7. The van der Waals surface area contributed by atoms with Crippen LogP contribution in [-0.2, 0) is 0 Å². The van der Waals surface area contributed by atoms with E-state index in [9.17, 15) is 0 Å². The second-order valence-corrected chi connectivity index (χ2v) is 21.3. The van der Waals surface area contributed by atoms with Crippen molar-refractivity contribution in [2.75, 3.05) is 0 Å². The SMILES string of the molecule is c1ccc([Si](c2ccccc2)(c2ccccc2)c2cccc(-c3nc(-c4ccccc4-c4ccc5oc6ccccc6c5c4)nc(-c4ccccc4-n4c5ccccc5c5ccccc54)n3)c2)cc1. The minimum atomic E-state index is -2.89. The summed E-state index contributed by atoms with van der Waals surface area (Å²) in [5.74, 6) is 1.77. The van der Waals surface area contributed by atoms with Gasteiger partial charge >= 0.3 is 0 Å². The first-order chi connectivity index (χ1) is 34.2. The van der Waals surface area contributed by atoms with Gasteiger partial charge in [-0.2, -0.15) is 0 Å². The Kier molecular flexibility index (Phi) is 9.77. The molecule has 0 saturated heterocycles. The molecule has 13 aromatic rings. The number of furan rings is 1. The van der Waals surface area contributed by atoms with Crippen LogP contribution in [0.2, 0.25) is 0 Å². The van der Waals surface area contributed by atoms with Crippen LogP contribution in [0.1, 0.15) is 0 Å². The normalized spacial score (nSPS) is 11.8. The predicted octanol–water partition coefficient (Wildman–Crippen LogP) is 12.9. The molecular formula is C63H42N4OSi. The number of hydrogen-bond acceptors (Lipinski definition) is 4. The Hall–Kier alpha value is -8.97. The Balaban J connectivity index is 1.07. The lowest BCUT2D eigenvalue weighted by atomic mass is 9.97. The highest BCUT2D eigenvalue weighted by molar-refractivity contribution is 7.19.